The maximum absolute atomic E-state index is 4.55. The summed E-state index contributed by atoms with van der Waals surface area (Å²) >= 11 is 5.85. The number of nitrogens with zero attached hydrogens (tertiary/aromatic N) is 2. The average molecular weight is 429 g/mol. The molecule has 0 amide bonds. The molecule has 0 spiro atoms. The molecule has 0 fully saturated rings. The first-order valence-corrected chi connectivity index (χ1v) is 7.54. The second-order valence-electron chi connectivity index (χ2n) is 4.03. The van der Waals surface area contributed by atoms with Gasteiger partial charge in [0.25, 0.3) is 0 Å². The van der Waals surface area contributed by atoms with Gasteiger partial charge in [-0.3, -0.25) is 0 Å². The van der Waals surface area contributed by atoms with Crippen LogP contribution in [-0.4, -0.2) is 22.0 Å². The number of pyridine rings is 1. The first-order chi connectivity index (χ1) is 9.17. The third kappa shape index (κ3) is 2.46. The zero-order valence-corrected chi connectivity index (χ0v) is 13.8. The standard InChI is InChI=1S/C13H10BrIN4/c1-16-11-5-4-10-13(18-11)19-12(17-10)8-6-7(15)2-3-9(8)14/h2-6H,1H3,(H2,16,17,18,19). The first kappa shape index (κ1) is 12.9. The summed E-state index contributed by atoms with van der Waals surface area (Å²) in [5, 5.41) is 3.01. The largest absolute Gasteiger partial charge is 0.373 e. The van der Waals surface area contributed by atoms with E-state index in [0.29, 0.717) is 5.65 Å². The van der Waals surface area contributed by atoms with E-state index in [9.17, 15) is 0 Å². The van der Waals surface area contributed by atoms with Gasteiger partial charge in [-0.2, -0.15) is 0 Å². The molecule has 3 rings (SSSR count). The molecule has 96 valence electrons. The highest BCUT2D eigenvalue weighted by Crippen LogP contribution is 2.29. The van der Waals surface area contributed by atoms with Gasteiger partial charge in [0, 0.05) is 20.7 Å². The lowest BCUT2D eigenvalue weighted by atomic mass is 10.2. The van der Waals surface area contributed by atoms with Crippen molar-refractivity contribution in [3.05, 3.63) is 38.4 Å². The van der Waals surface area contributed by atoms with Crippen molar-refractivity contribution in [3.63, 3.8) is 0 Å². The van der Waals surface area contributed by atoms with Crippen LogP contribution in [0.1, 0.15) is 0 Å². The Morgan fingerprint density at radius 2 is 2.05 bits per heavy atom. The van der Waals surface area contributed by atoms with Crippen LogP contribution >= 0.6 is 38.5 Å². The van der Waals surface area contributed by atoms with E-state index >= 15 is 0 Å². The normalized spacial score (nSPS) is 10.9. The van der Waals surface area contributed by atoms with E-state index in [0.717, 1.165) is 27.2 Å². The van der Waals surface area contributed by atoms with Crippen molar-refractivity contribution in [3.8, 4) is 11.4 Å². The third-order valence-corrected chi connectivity index (χ3v) is 4.15. The number of nitrogens with one attached hydrogen (secondary N) is 2. The highest BCUT2D eigenvalue weighted by molar-refractivity contribution is 14.1. The van der Waals surface area contributed by atoms with Crippen molar-refractivity contribution in [1.29, 1.82) is 0 Å². The van der Waals surface area contributed by atoms with Crippen LogP contribution in [0.15, 0.2) is 34.8 Å². The van der Waals surface area contributed by atoms with Crippen LogP contribution in [0.25, 0.3) is 22.6 Å². The molecule has 19 heavy (non-hydrogen) atoms. The average Bonchev–Trinajstić information content (AvgIpc) is 2.83. The van der Waals surface area contributed by atoms with Gasteiger partial charge in [-0.15, -0.1) is 0 Å². The maximum atomic E-state index is 4.55. The van der Waals surface area contributed by atoms with E-state index in [4.69, 9.17) is 0 Å². The van der Waals surface area contributed by atoms with Crippen LogP contribution in [0.5, 0.6) is 0 Å². The molecule has 0 radical (unpaired) electrons. The van der Waals surface area contributed by atoms with Gasteiger partial charge >= 0.3 is 0 Å². The number of hydrogen-bond acceptors (Lipinski definition) is 3. The molecule has 0 atom stereocenters. The summed E-state index contributed by atoms with van der Waals surface area (Å²) in [6, 6.07) is 10.1. The molecule has 0 saturated carbocycles. The summed E-state index contributed by atoms with van der Waals surface area (Å²) in [4.78, 5) is 12.3. The third-order valence-electron chi connectivity index (χ3n) is 2.79. The van der Waals surface area contributed by atoms with E-state index in [-0.39, 0.29) is 0 Å². The van der Waals surface area contributed by atoms with E-state index in [1.165, 1.54) is 3.57 Å². The molecular formula is C13H10BrIN4. The van der Waals surface area contributed by atoms with Gasteiger partial charge in [0.2, 0.25) is 0 Å². The van der Waals surface area contributed by atoms with Crippen LogP contribution in [0.4, 0.5) is 5.82 Å². The Balaban J connectivity index is 2.17. The molecule has 0 aliphatic rings. The van der Waals surface area contributed by atoms with Crippen molar-refractivity contribution in [1.82, 2.24) is 15.0 Å². The van der Waals surface area contributed by atoms with Gasteiger partial charge in [0.15, 0.2) is 5.65 Å². The molecule has 1 aromatic carbocycles. The summed E-state index contributed by atoms with van der Waals surface area (Å²) in [5.74, 6) is 1.63. The Labute approximate surface area is 132 Å². The number of halogens is 2. The fourth-order valence-electron chi connectivity index (χ4n) is 1.84. The van der Waals surface area contributed by atoms with Crippen LogP contribution < -0.4 is 5.32 Å². The van der Waals surface area contributed by atoms with Crippen molar-refractivity contribution in [2.24, 2.45) is 0 Å². The molecule has 0 aliphatic heterocycles. The Hall–Kier alpha value is -1.15. The summed E-state index contributed by atoms with van der Waals surface area (Å²) in [5.41, 5.74) is 2.68. The number of aromatic amines is 1. The second-order valence-corrected chi connectivity index (χ2v) is 6.13. The molecule has 2 heterocycles. The number of anilines is 1. The highest BCUT2D eigenvalue weighted by Gasteiger charge is 2.10. The van der Waals surface area contributed by atoms with Crippen LogP contribution in [0.2, 0.25) is 0 Å². The molecule has 4 nitrogen and oxygen atoms in total. The summed E-state index contributed by atoms with van der Waals surface area (Å²) in [6.45, 7) is 0. The van der Waals surface area contributed by atoms with Gasteiger partial charge in [-0.05, 0) is 52.9 Å². The van der Waals surface area contributed by atoms with E-state index < -0.39 is 0 Å². The van der Waals surface area contributed by atoms with Crippen molar-refractivity contribution >= 4 is 55.5 Å². The summed E-state index contributed by atoms with van der Waals surface area (Å²) in [7, 11) is 1.85. The monoisotopic (exact) mass is 428 g/mol. The van der Waals surface area contributed by atoms with Crippen molar-refractivity contribution in [2.75, 3.05) is 12.4 Å². The van der Waals surface area contributed by atoms with Gasteiger partial charge in [-0.1, -0.05) is 15.9 Å². The van der Waals surface area contributed by atoms with E-state index in [2.05, 4.69) is 64.9 Å². The van der Waals surface area contributed by atoms with Crippen molar-refractivity contribution in [2.45, 2.75) is 0 Å². The second kappa shape index (κ2) is 5.09. The molecule has 0 unspecified atom stereocenters. The van der Waals surface area contributed by atoms with Crippen LogP contribution in [0, 0.1) is 3.57 Å². The highest BCUT2D eigenvalue weighted by atomic mass is 127. The predicted octanol–water partition coefficient (Wildman–Crippen LogP) is 4.03. The van der Waals surface area contributed by atoms with Crippen LogP contribution in [0.3, 0.4) is 0 Å². The quantitative estimate of drug-likeness (QED) is 0.606. The number of rotatable bonds is 2. The topological polar surface area (TPSA) is 53.6 Å². The molecule has 0 bridgehead atoms. The Bertz CT molecular complexity index is 753. The molecule has 2 N–H and O–H groups in total. The van der Waals surface area contributed by atoms with Gasteiger partial charge in [0.1, 0.15) is 11.6 Å². The molecule has 2 aromatic heterocycles. The van der Waals surface area contributed by atoms with Gasteiger partial charge in [-0.25, -0.2) is 9.97 Å². The number of hydrogen-bond donors (Lipinski definition) is 2. The van der Waals surface area contributed by atoms with E-state index in [1.807, 2.05) is 31.3 Å². The lowest BCUT2D eigenvalue weighted by Gasteiger charge is -2.01. The minimum Gasteiger partial charge on any atom is -0.373 e. The lowest BCUT2D eigenvalue weighted by molar-refractivity contribution is 1.28. The number of fused-ring (bicyclic) bond motifs is 1. The minimum atomic E-state index is 0.715. The number of aromatic nitrogens is 3. The van der Waals surface area contributed by atoms with Crippen LogP contribution in [-0.2, 0) is 0 Å². The fourth-order valence-corrected chi connectivity index (χ4v) is 2.76. The SMILES string of the molecule is CNc1ccc2[nH]c(-c3cc(I)ccc3Br)nc2n1. The van der Waals surface area contributed by atoms with Crippen molar-refractivity contribution < 1.29 is 0 Å². The molecule has 0 saturated heterocycles. The number of H-pyrrole nitrogens is 1. The zero-order valence-electron chi connectivity index (χ0n) is 10.0. The van der Waals surface area contributed by atoms with Gasteiger partial charge in [0.05, 0.1) is 5.52 Å². The number of benzene rings is 1. The molecule has 3 aromatic rings. The minimum absolute atomic E-state index is 0.715. The first-order valence-electron chi connectivity index (χ1n) is 5.67. The fraction of sp³-hybridized carbons (Fsp3) is 0.0769. The summed E-state index contributed by atoms with van der Waals surface area (Å²) in [6.07, 6.45) is 0. The Kier molecular flexibility index (Phi) is 3.44. The molecule has 6 heteroatoms. The number of imidazole rings is 1. The zero-order chi connectivity index (χ0) is 13.4. The summed E-state index contributed by atoms with van der Waals surface area (Å²) < 4.78 is 2.18. The Morgan fingerprint density at radius 3 is 2.84 bits per heavy atom. The molecule has 0 aliphatic carbocycles. The Morgan fingerprint density at radius 1 is 1.21 bits per heavy atom. The predicted molar refractivity (Wildman–Crippen MR) is 89.3 cm³/mol. The lowest BCUT2D eigenvalue weighted by Crippen LogP contribution is -1.91. The smallest absolute Gasteiger partial charge is 0.180 e. The molecular weight excluding hydrogens is 419 g/mol. The van der Waals surface area contributed by atoms with E-state index in [1.54, 1.807) is 0 Å². The maximum Gasteiger partial charge on any atom is 0.180 e. The van der Waals surface area contributed by atoms with Gasteiger partial charge < -0.3 is 10.3 Å².